The van der Waals surface area contributed by atoms with Crippen LogP contribution in [-0.2, 0) is 4.79 Å². The molecule has 2 bridgehead atoms. The van der Waals surface area contributed by atoms with Crippen LogP contribution in [0.1, 0.15) is 46.0 Å². The molecule has 0 aliphatic heterocycles. The van der Waals surface area contributed by atoms with Crippen molar-refractivity contribution in [3.8, 4) is 0 Å². The molecule has 0 heterocycles. The molecule has 14 heavy (non-hydrogen) atoms. The molecule has 3 atom stereocenters. The molecule has 80 valence electrons. The molecule has 1 N–H and O–H groups in total. The van der Waals surface area contributed by atoms with Crippen molar-refractivity contribution in [1.29, 1.82) is 0 Å². The molecule has 0 unspecified atom stereocenters. The third-order valence-electron chi connectivity index (χ3n) is 4.73. The Hall–Kier alpha value is -0.530. The topological polar surface area (TPSA) is 37.3 Å². The van der Waals surface area contributed by atoms with Crippen LogP contribution in [0.4, 0.5) is 0 Å². The van der Waals surface area contributed by atoms with Crippen LogP contribution in [0.15, 0.2) is 0 Å². The van der Waals surface area contributed by atoms with Gasteiger partial charge in [-0.2, -0.15) is 0 Å². The fraction of sp³-hybridized carbons (Fsp3) is 0.917. The van der Waals surface area contributed by atoms with E-state index in [1.165, 1.54) is 19.3 Å². The number of aliphatic carboxylic acids is 1. The van der Waals surface area contributed by atoms with Gasteiger partial charge in [0, 0.05) is 6.42 Å². The monoisotopic (exact) mass is 196 g/mol. The summed E-state index contributed by atoms with van der Waals surface area (Å²) in [6, 6.07) is 0. The summed E-state index contributed by atoms with van der Waals surface area (Å²) in [5.41, 5.74) is 0.501. The van der Waals surface area contributed by atoms with Crippen molar-refractivity contribution in [3.05, 3.63) is 0 Å². The molecule has 3 aliphatic rings. The Kier molecular flexibility index (Phi) is 2.32. The van der Waals surface area contributed by atoms with Gasteiger partial charge in [-0.1, -0.05) is 13.8 Å². The SMILES string of the molecule is CC1(C)[C@@H]2CC[C@H](CCC(=O)O)[C@H]1C2. The number of hydrogen-bond acceptors (Lipinski definition) is 1. The van der Waals surface area contributed by atoms with Gasteiger partial charge in [0.2, 0.25) is 0 Å². The van der Waals surface area contributed by atoms with Gasteiger partial charge in [0.05, 0.1) is 0 Å². The molecule has 2 heteroatoms. The minimum atomic E-state index is -0.635. The van der Waals surface area contributed by atoms with E-state index < -0.39 is 5.97 Å². The van der Waals surface area contributed by atoms with Crippen molar-refractivity contribution >= 4 is 5.97 Å². The van der Waals surface area contributed by atoms with Crippen molar-refractivity contribution < 1.29 is 9.90 Å². The Morgan fingerprint density at radius 3 is 2.64 bits per heavy atom. The van der Waals surface area contributed by atoms with Crippen LogP contribution in [-0.4, -0.2) is 11.1 Å². The standard InChI is InChI=1S/C12H20O2/c1-12(2)9-5-3-8(10(12)7-9)4-6-11(13)14/h8-10H,3-7H2,1-2H3,(H,13,14)/t8-,9-,10-/m1/s1. The summed E-state index contributed by atoms with van der Waals surface area (Å²) < 4.78 is 0. The van der Waals surface area contributed by atoms with Crippen LogP contribution in [0.2, 0.25) is 0 Å². The molecular formula is C12H20O2. The fourth-order valence-electron chi connectivity index (χ4n) is 3.62. The molecular weight excluding hydrogens is 176 g/mol. The average Bonchev–Trinajstić information content (AvgIpc) is 2.14. The maximum absolute atomic E-state index is 10.5. The fourth-order valence-corrected chi connectivity index (χ4v) is 3.62. The van der Waals surface area contributed by atoms with Crippen molar-refractivity contribution in [1.82, 2.24) is 0 Å². The average molecular weight is 196 g/mol. The lowest BCUT2D eigenvalue weighted by Gasteiger charge is -2.60. The Balaban J connectivity index is 1.91. The second-order valence-corrected chi connectivity index (χ2v) is 5.63. The third kappa shape index (κ3) is 1.45. The first kappa shape index (κ1) is 10.0. The van der Waals surface area contributed by atoms with E-state index in [1.807, 2.05) is 0 Å². The quantitative estimate of drug-likeness (QED) is 0.753. The highest BCUT2D eigenvalue weighted by molar-refractivity contribution is 5.66. The maximum Gasteiger partial charge on any atom is 0.303 e. The number of hydrogen-bond donors (Lipinski definition) is 1. The molecule has 0 aromatic heterocycles. The van der Waals surface area contributed by atoms with Crippen LogP contribution in [0.5, 0.6) is 0 Å². The van der Waals surface area contributed by atoms with Gasteiger partial charge in [0.25, 0.3) is 0 Å². The largest absolute Gasteiger partial charge is 0.481 e. The number of rotatable bonds is 3. The molecule has 0 aromatic carbocycles. The van der Waals surface area contributed by atoms with Gasteiger partial charge in [-0.25, -0.2) is 0 Å². The zero-order valence-electron chi connectivity index (χ0n) is 9.12. The van der Waals surface area contributed by atoms with Crippen LogP contribution < -0.4 is 0 Å². The number of carboxylic acid groups (broad SMARTS) is 1. The normalized spacial score (nSPS) is 38.9. The highest BCUT2D eigenvalue weighted by atomic mass is 16.4. The van der Waals surface area contributed by atoms with E-state index in [9.17, 15) is 4.79 Å². The Morgan fingerprint density at radius 1 is 1.43 bits per heavy atom. The van der Waals surface area contributed by atoms with Gasteiger partial charge in [-0.05, 0) is 48.9 Å². The summed E-state index contributed by atoms with van der Waals surface area (Å²) in [4.78, 5) is 10.5. The van der Waals surface area contributed by atoms with E-state index in [4.69, 9.17) is 5.11 Å². The second kappa shape index (κ2) is 3.25. The first-order valence-electron chi connectivity index (χ1n) is 5.73. The van der Waals surface area contributed by atoms with Crippen LogP contribution >= 0.6 is 0 Å². The highest BCUT2D eigenvalue weighted by Gasteiger charge is 2.53. The van der Waals surface area contributed by atoms with Crippen molar-refractivity contribution in [2.24, 2.45) is 23.2 Å². The summed E-state index contributed by atoms with van der Waals surface area (Å²) in [5.74, 6) is 1.78. The Morgan fingerprint density at radius 2 is 2.14 bits per heavy atom. The Bertz CT molecular complexity index is 243. The molecule has 0 radical (unpaired) electrons. The van der Waals surface area contributed by atoms with Crippen LogP contribution in [0.3, 0.4) is 0 Å². The first-order valence-corrected chi connectivity index (χ1v) is 5.73. The van der Waals surface area contributed by atoms with E-state index in [2.05, 4.69) is 13.8 Å². The zero-order valence-corrected chi connectivity index (χ0v) is 9.12. The Labute approximate surface area is 85.7 Å². The first-order chi connectivity index (χ1) is 6.51. The lowest BCUT2D eigenvalue weighted by molar-refractivity contribution is -0.139. The summed E-state index contributed by atoms with van der Waals surface area (Å²) in [7, 11) is 0. The van der Waals surface area contributed by atoms with E-state index in [0.29, 0.717) is 17.8 Å². The number of fused-ring (bicyclic) bond motifs is 2. The van der Waals surface area contributed by atoms with Gasteiger partial charge in [0.15, 0.2) is 0 Å². The molecule has 0 aromatic rings. The summed E-state index contributed by atoms with van der Waals surface area (Å²) in [6.45, 7) is 4.72. The third-order valence-corrected chi connectivity index (χ3v) is 4.73. The molecule has 2 nitrogen and oxygen atoms in total. The van der Waals surface area contributed by atoms with Gasteiger partial charge in [-0.15, -0.1) is 0 Å². The van der Waals surface area contributed by atoms with Crippen molar-refractivity contribution in [3.63, 3.8) is 0 Å². The second-order valence-electron chi connectivity index (χ2n) is 5.63. The summed E-state index contributed by atoms with van der Waals surface area (Å²) >= 11 is 0. The molecule has 3 fully saturated rings. The molecule has 0 amide bonds. The maximum atomic E-state index is 10.5. The summed E-state index contributed by atoms with van der Waals surface area (Å²) in [6.07, 6.45) is 5.22. The molecule has 0 saturated heterocycles. The number of carboxylic acids is 1. The van der Waals surface area contributed by atoms with Crippen molar-refractivity contribution in [2.75, 3.05) is 0 Å². The highest BCUT2D eigenvalue weighted by Crippen LogP contribution is 2.62. The van der Waals surface area contributed by atoms with E-state index in [-0.39, 0.29) is 0 Å². The van der Waals surface area contributed by atoms with E-state index in [1.54, 1.807) is 0 Å². The van der Waals surface area contributed by atoms with E-state index in [0.717, 1.165) is 18.3 Å². The number of carbonyl (C=O) groups is 1. The predicted molar refractivity (Wildman–Crippen MR) is 55.0 cm³/mol. The van der Waals surface area contributed by atoms with Crippen LogP contribution in [0.25, 0.3) is 0 Å². The van der Waals surface area contributed by atoms with Gasteiger partial charge in [-0.3, -0.25) is 4.79 Å². The minimum Gasteiger partial charge on any atom is -0.481 e. The smallest absolute Gasteiger partial charge is 0.303 e. The predicted octanol–water partition coefficient (Wildman–Crippen LogP) is 2.92. The van der Waals surface area contributed by atoms with Gasteiger partial charge >= 0.3 is 5.97 Å². The lowest BCUT2D eigenvalue weighted by atomic mass is 9.45. The molecule has 3 rings (SSSR count). The minimum absolute atomic E-state index is 0.363. The van der Waals surface area contributed by atoms with Crippen LogP contribution in [0, 0.1) is 23.2 Å². The van der Waals surface area contributed by atoms with Crippen molar-refractivity contribution in [2.45, 2.75) is 46.0 Å². The van der Waals surface area contributed by atoms with Gasteiger partial charge in [0.1, 0.15) is 0 Å². The molecule has 3 saturated carbocycles. The molecule has 0 spiro atoms. The lowest BCUT2D eigenvalue weighted by Crippen LogP contribution is -2.52. The zero-order chi connectivity index (χ0) is 10.3. The summed E-state index contributed by atoms with van der Waals surface area (Å²) in [5, 5.41) is 8.67. The molecule has 3 aliphatic carbocycles. The van der Waals surface area contributed by atoms with Gasteiger partial charge < -0.3 is 5.11 Å². The van der Waals surface area contributed by atoms with E-state index >= 15 is 0 Å².